The van der Waals surface area contributed by atoms with E-state index in [0.29, 0.717) is 22.8 Å². The number of hydrogen-bond donors (Lipinski definition) is 2. The third-order valence-electron chi connectivity index (χ3n) is 3.38. The first-order valence-electron chi connectivity index (χ1n) is 6.72. The highest BCUT2D eigenvalue weighted by Gasteiger charge is 2.11. The van der Waals surface area contributed by atoms with E-state index >= 15 is 0 Å². The number of amides is 1. The molecule has 0 unspecified atom stereocenters. The van der Waals surface area contributed by atoms with Crippen molar-refractivity contribution in [2.24, 2.45) is 0 Å². The minimum atomic E-state index is 0.0206. The Labute approximate surface area is 118 Å². The van der Waals surface area contributed by atoms with E-state index in [2.05, 4.69) is 10.2 Å². The van der Waals surface area contributed by atoms with Gasteiger partial charge in [-0.15, -0.1) is 0 Å². The van der Waals surface area contributed by atoms with E-state index in [1.165, 1.54) is 19.3 Å². The van der Waals surface area contributed by atoms with Crippen molar-refractivity contribution in [3.63, 3.8) is 0 Å². The van der Waals surface area contributed by atoms with Crippen LogP contribution in [0.5, 0.6) is 0 Å². The number of piperidine rings is 1. The van der Waals surface area contributed by atoms with Gasteiger partial charge in [0, 0.05) is 18.7 Å². The van der Waals surface area contributed by atoms with Crippen molar-refractivity contribution in [3.8, 4) is 0 Å². The SMILES string of the molecule is Nc1cc(NC(=O)CCN2CCCCC2)ccc1Cl. The summed E-state index contributed by atoms with van der Waals surface area (Å²) in [6.45, 7) is 3.05. The molecule has 0 radical (unpaired) electrons. The summed E-state index contributed by atoms with van der Waals surface area (Å²) in [4.78, 5) is 14.2. The zero-order valence-corrected chi connectivity index (χ0v) is 11.7. The lowest BCUT2D eigenvalue weighted by Gasteiger charge is -2.25. The van der Waals surface area contributed by atoms with Crippen molar-refractivity contribution in [1.82, 2.24) is 4.90 Å². The maximum atomic E-state index is 11.8. The standard InChI is InChI=1S/C14H20ClN3O/c15-12-5-4-11(10-13(12)16)17-14(19)6-9-18-7-2-1-3-8-18/h4-5,10H,1-3,6-9,16H2,(H,17,19). The molecule has 0 bridgehead atoms. The lowest BCUT2D eigenvalue weighted by atomic mass is 10.1. The van der Waals surface area contributed by atoms with E-state index in [4.69, 9.17) is 17.3 Å². The zero-order chi connectivity index (χ0) is 13.7. The summed E-state index contributed by atoms with van der Waals surface area (Å²) in [7, 11) is 0. The number of anilines is 2. The molecule has 1 heterocycles. The van der Waals surface area contributed by atoms with Crippen molar-refractivity contribution >= 4 is 28.9 Å². The number of carbonyl (C=O) groups is 1. The van der Waals surface area contributed by atoms with E-state index in [9.17, 15) is 4.79 Å². The molecule has 0 atom stereocenters. The van der Waals surface area contributed by atoms with E-state index < -0.39 is 0 Å². The van der Waals surface area contributed by atoms with Crippen molar-refractivity contribution in [3.05, 3.63) is 23.2 Å². The topological polar surface area (TPSA) is 58.4 Å². The number of halogens is 1. The number of rotatable bonds is 4. The van der Waals surface area contributed by atoms with Crippen molar-refractivity contribution in [2.75, 3.05) is 30.7 Å². The monoisotopic (exact) mass is 281 g/mol. The number of nitrogens with one attached hydrogen (secondary N) is 1. The second-order valence-corrected chi connectivity index (χ2v) is 5.34. The molecule has 1 aromatic rings. The molecule has 1 saturated heterocycles. The van der Waals surface area contributed by atoms with Crippen LogP contribution >= 0.6 is 11.6 Å². The van der Waals surface area contributed by atoms with E-state index in [1.54, 1.807) is 18.2 Å². The van der Waals surface area contributed by atoms with Crippen LogP contribution in [0.3, 0.4) is 0 Å². The first-order chi connectivity index (χ1) is 9.15. The van der Waals surface area contributed by atoms with Gasteiger partial charge >= 0.3 is 0 Å². The van der Waals surface area contributed by atoms with Crippen LogP contribution in [0.4, 0.5) is 11.4 Å². The molecule has 104 valence electrons. The average Bonchev–Trinajstić information content (AvgIpc) is 2.42. The van der Waals surface area contributed by atoms with Crippen LogP contribution in [0, 0.1) is 0 Å². The Morgan fingerprint density at radius 2 is 2.05 bits per heavy atom. The summed E-state index contributed by atoms with van der Waals surface area (Å²) in [6, 6.07) is 5.13. The smallest absolute Gasteiger partial charge is 0.225 e. The Morgan fingerprint density at radius 1 is 1.32 bits per heavy atom. The summed E-state index contributed by atoms with van der Waals surface area (Å²) >= 11 is 5.84. The van der Waals surface area contributed by atoms with Gasteiger partial charge in [0.1, 0.15) is 0 Å². The van der Waals surface area contributed by atoms with Gasteiger partial charge < -0.3 is 16.0 Å². The molecule has 3 N–H and O–H groups in total. The summed E-state index contributed by atoms with van der Waals surface area (Å²) in [5, 5.41) is 3.35. The minimum absolute atomic E-state index is 0.0206. The fraction of sp³-hybridized carbons (Fsp3) is 0.500. The maximum absolute atomic E-state index is 11.8. The fourth-order valence-electron chi connectivity index (χ4n) is 2.29. The van der Waals surface area contributed by atoms with Gasteiger partial charge in [-0.1, -0.05) is 18.0 Å². The summed E-state index contributed by atoms with van der Waals surface area (Å²) in [5.74, 6) is 0.0206. The first-order valence-corrected chi connectivity index (χ1v) is 7.10. The fourth-order valence-corrected chi connectivity index (χ4v) is 2.41. The van der Waals surface area contributed by atoms with E-state index in [-0.39, 0.29) is 5.91 Å². The summed E-state index contributed by atoms with van der Waals surface area (Å²) in [6.07, 6.45) is 4.32. The molecule has 4 nitrogen and oxygen atoms in total. The highest BCUT2D eigenvalue weighted by atomic mass is 35.5. The highest BCUT2D eigenvalue weighted by Crippen LogP contribution is 2.22. The van der Waals surface area contributed by atoms with Crippen LogP contribution < -0.4 is 11.1 Å². The number of likely N-dealkylation sites (tertiary alicyclic amines) is 1. The Hall–Kier alpha value is -1.26. The molecule has 0 spiro atoms. The molecule has 1 fully saturated rings. The van der Waals surface area contributed by atoms with Gasteiger partial charge in [-0.05, 0) is 44.1 Å². The third kappa shape index (κ3) is 4.40. The maximum Gasteiger partial charge on any atom is 0.225 e. The normalized spacial score (nSPS) is 16.3. The van der Waals surface area contributed by atoms with Gasteiger partial charge in [0.05, 0.1) is 10.7 Å². The molecule has 1 aromatic carbocycles. The van der Waals surface area contributed by atoms with Crippen LogP contribution in [-0.2, 0) is 4.79 Å². The molecule has 1 amide bonds. The molecular formula is C14H20ClN3O. The molecule has 0 aliphatic carbocycles. The number of nitrogens with zero attached hydrogens (tertiary/aromatic N) is 1. The van der Waals surface area contributed by atoms with Crippen LogP contribution in [-0.4, -0.2) is 30.4 Å². The Bertz CT molecular complexity index is 444. The Kier molecular flexibility index (Phi) is 5.05. The largest absolute Gasteiger partial charge is 0.397 e. The number of carbonyl (C=O) groups excluding carboxylic acids is 1. The van der Waals surface area contributed by atoms with Crippen molar-refractivity contribution in [2.45, 2.75) is 25.7 Å². The zero-order valence-electron chi connectivity index (χ0n) is 11.0. The number of hydrogen-bond acceptors (Lipinski definition) is 3. The van der Waals surface area contributed by atoms with Gasteiger partial charge in [-0.2, -0.15) is 0 Å². The van der Waals surface area contributed by atoms with Gasteiger partial charge in [-0.25, -0.2) is 0 Å². The second kappa shape index (κ2) is 6.78. The predicted molar refractivity (Wildman–Crippen MR) is 79.4 cm³/mol. The van der Waals surface area contributed by atoms with Crippen LogP contribution in [0.1, 0.15) is 25.7 Å². The van der Waals surface area contributed by atoms with Crippen LogP contribution in [0.25, 0.3) is 0 Å². The molecule has 1 aliphatic rings. The molecule has 1 aliphatic heterocycles. The van der Waals surface area contributed by atoms with Gasteiger partial charge in [-0.3, -0.25) is 4.79 Å². The van der Waals surface area contributed by atoms with Crippen LogP contribution in [0.2, 0.25) is 5.02 Å². The molecule has 5 heteroatoms. The minimum Gasteiger partial charge on any atom is -0.397 e. The van der Waals surface area contributed by atoms with Crippen molar-refractivity contribution < 1.29 is 4.79 Å². The number of nitrogen functional groups attached to an aromatic ring is 1. The molecule has 2 rings (SSSR count). The Balaban J connectivity index is 1.78. The highest BCUT2D eigenvalue weighted by molar-refractivity contribution is 6.33. The molecule has 0 saturated carbocycles. The number of nitrogens with two attached hydrogens (primary N) is 1. The van der Waals surface area contributed by atoms with Gasteiger partial charge in [0.25, 0.3) is 0 Å². The summed E-state index contributed by atoms with van der Waals surface area (Å²) < 4.78 is 0. The quantitative estimate of drug-likeness (QED) is 0.835. The van der Waals surface area contributed by atoms with Crippen molar-refractivity contribution in [1.29, 1.82) is 0 Å². The predicted octanol–water partition coefficient (Wildman–Crippen LogP) is 2.74. The average molecular weight is 282 g/mol. The number of benzene rings is 1. The van der Waals surface area contributed by atoms with Gasteiger partial charge in [0.15, 0.2) is 0 Å². The van der Waals surface area contributed by atoms with Crippen LogP contribution in [0.15, 0.2) is 18.2 Å². The third-order valence-corrected chi connectivity index (χ3v) is 3.73. The summed E-state index contributed by atoms with van der Waals surface area (Å²) in [5.41, 5.74) is 6.88. The van der Waals surface area contributed by atoms with E-state index in [1.807, 2.05) is 0 Å². The Morgan fingerprint density at radius 3 is 2.74 bits per heavy atom. The van der Waals surface area contributed by atoms with Gasteiger partial charge in [0.2, 0.25) is 5.91 Å². The first kappa shape index (κ1) is 14.2. The molecule has 19 heavy (non-hydrogen) atoms. The lowest BCUT2D eigenvalue weighted by molar-refractivity contribution is -0.116. The van der Waals surface area contributed by atoms with E-state index in [0.717, 1.165) is 19.6 Å². The lowest BCUT2D eigenvalue weighted by Crippen LogP contribution is -2.32. The molecule has 0 aromatic heterocycles. The molecular weight excluding hydrogens is 262 g/mol. The second-order valence-electron chi connectivity index (χ2n) is 4.94.